The predicted molar refractivity (Wildman–Crippen MR) is 80.1 cm³/mol. The van der Waals surface area contributed by atoms with E-state index in [1.54, 1.807) is 19.4 Å². The first-order valence-electron chi connectivity index (χ1n) is 7.02. The van der Waals surface area contributed by atoms with E-state index < -0.39 is 0 Å². The largest absolute Gasteiger partial charge is 0.352 e. The standard InChI is InChI=1S/C14H17N7O/c1-4-21-9-16-18-13(21)8-20(3)12-7-11(5-6-15-12)14-17-10(2)19-22-14/h5-7,9H,4,8H2,1-3H3. The molecular formula is C14H17N7O. The van der Waals surface area contributed by atoms with Crippen LogP contribution in [0.25, 0.3) is 11.5 Å². The van der Waals surface area contributed by atoms with Crippen LogP contribution in [0.3, 0.4) is 0 Å². The summed E-state index contributed by atoms with van der Waals surface area (Å²) in [5, 5.41) is 11.9. The molecule has 0 bridgehead atoms. The van der Waals surface area contributed by atoms with Crippen LogP contribution < -0.4 is 4.90 Å². The number of pyridine rings is 1. The van der Waals surface area contributed by atoms with Gasteiger partial charge in [0.2, 0.25) is 0 Å². The van der Waals surface area contributed by atoms with Crippen LogP contribution in [-0.4, -0.2) is 36.9 Å². The van der Waals surface area contributed by atoms with Gasteiger partial charge in [-0.1, -0.05) is 5.16 Å². The van der Waals surface area contributed by atoms with Gasteiger partial charge in [0.25, 0.3) is 5.89 Å². The lowest BCUT2D eigenvalue weighted by Gasteiger charge is -2.18. The number of aromatic nitrogens is 6. The van der Waals surface area contributed by atoms with Crippen molar-refractivity contribution in [1.29, 1.82) is 0 Å². The maximum Gasteiger partial charge on any atom is 0.258 e. The average Bonchev–Trinajstić information content (AvgIpc) is 3.16. The highest BCUT2D eigenvalue weighted by Gasteiger charge is 2.12. The maximum atomic E-state index is 5.19. The molecule has 0 N–H and O–H groups in total. The van der Waals surface area contributed by atoms with Crippen LogP contribution in [0.15, 0.2) is 29.2 Å². The van der Waals surface area contributed by atoms with Crippen molar-refractivity contribution in [3.8, 4) is 11.5 Å². The highest BCUT2D eigenvalue weighted by molar-refractivity contribution is 5.58. The smallest absolute Gasteiger partial charge is 0.258 e. The Balaban J connectivity index is 1.82. The molecule has 3 heterocycles. The number of hydrogen-bond acceptors (Lipinski definition) is 7. The second-order valence-corrected chi connectivity index (χ2v) is 4.94. The van der Waals surface area contributed by atoms with Gasteiger partial charge in [-0.2, -0.15) is 4.98 Å². The molecule has 0 aliphatic rings. The second kappa shape index (κ2) is 5.92. The van der Waals surface area contributed by atoms with Crippen LogP contribution >= 0.6 is 0 Å². The summed E-state index contributed by atoms with van der Waals surface area (Å²) >= 11 is 0. The zero-order valence-corrected chi connectivity index (χ0v) is 12.8. The molecule has 0 radical (unpaired) electrons. The van der Waals surface area contributed by atoms with E-state index >= 15 is 0 Å². The summed E-state index contributed by atoms with van der Waals surface area (Å²) in [6.45, 7) is 5.31. The summed E-state index contributed by atoms with van der Waals surface area (Å²) in [7, 11) is 1.96. The van der Waals surface area contributed by atoms with E-state index in [2.05, 4.69) is 32.2 Å². The van der Waals surface area contributed by atoms with Crippen LogP contribution in [0.2, 0.25) is 0 Å². The molecule has 0 atom stereocenters. The van der Waals surface area contributed by atoms with E-state index in [9.17, 15) is 0 Å². The van der Waals surface area contributed by atoms with Crippen molar-refractivity contribution in [2.75, 3.05) is 11.9 Å². The molecule has 0 spiro atoms. The van der Waals surface area contributed by atoms with Crippen molar-refractivity contribution in [1.82, 2.24) is 29.9 Å². The molecule has 0 aliphatic carbocycles. The Kier molecular flexibility index (Phi) is 3.82. The van der Waals surface area contributed by atoms with E-state index in [1.165, 1.54) is 0 Å². The number of rotatable bonds is 5. The summed E-state index contributed by atoms with van der Waals surface area (Å²) in [6.07, 6.45) is 3.46. The van der Waals surface area contributed by atoms with E-state index in [0.717, 1.165) is 23.8 Å². The first-order valence-corrected chi connectivity index (χ1v) is 7.02. The summed E-state index contributed by atoms with van der Waals surface area (Å²) in [6, 6.07) is 3.76. The molecule has 0 saturated heterocycles. The molecule has 0 saturated carbocycles. The van der Waals surface area contributed by atoms with Gasteiger partial charge < -0.3 is 14.0 Å². The molecule has 0 aliphatic heterocycles. The molecule has 0 fully saturated rings. The molecule has 0 unspecified atom stereocenters. The fourth-order valence-corrected chi connectivity index (χ4v) is 2.13. The van der Waals surface area contributed by atoms with Crippen LogP contribution in [0.1, 0.15) is 18.6 Å². The fraction of sp³-hybridized carbons (Fsp3) is 0.357. The van der Waals surface area contributed by atoms with E-state index in [0.29, 0.717) is 18.3 Å². The second-order valence-electron chi connectivity index (χ2n) is 4.94. The molecule has 8 nitrogen and oxygen atoms in total. The Hall–Kier alpha value is -2.77. The lowest BCUT2D eigenvalue weighted by molar-refractivity contribution is 0.425. The van der Waals surface area contributed by atoms with Gasteiger partial charge in [-0.3, -0.25) is 0 Å². The normalized spacial score (nSPS) is 10.9. The van der Waals surface area contributed by atoms with Crippen molar-refractivity contribution >= 4 is 5.82 Å². The third-order valence-electron chi connectivity index (χ3n) is 3.33. The first kappa shape index (κ1) is 14.2. The van der Waals surface area contributed by atoms with Gasteiger partial charge in [-0.15, -0.1) is 10.2 Å². The van der Waals surface area contributed by atoms with Gasteiger partial charge >= 0.3 is 0 Å². The van der Waals surface area contributed by atoms with Crippen LogP contribution in [0.4, 0.5) is 5.82 Å². The molecular weight excluding hydrogens is 282 g/mol. The van der Waals surface area contributed by atoms with Gasteiger partial charge in [0.15, 0.2) is 11.6 Å². The highest BCUT2D eigenvalue weighted by atomic mass is 16.5. The predicted octanol–water partition coefficient (Wildman–Crippen LogP) is 1.69. The topological polar surface area (TPSA) is 85.8 Å². The minimum Gasteiger partial charge on any atom is -0.352 e. The number of nitrogens with zero attached hydrogens (tertiary/aromatic N) is 7. The Morgan fingerprint density at radius 1 is 1.36 bits per heavy atom. The van der Waals surface area contributed by atoms with Crippen LogP contribution in [0.5, 0.6) is 0 Å². The van der Waals surface area contributed by atoms with Gasteiger partial charge in [0.05, 0.1) is 6.54 Å². The summed E-state index contributed by atoms with van der Waals surface area (Å²) in [5.41, 5.74) is 0.842. The number of hydrogen-bond donors (Lipinski definition) is 0. The zero-order chi connectivity index (χ0) is 15.5. The van der Waals surface area contributed by atoms with Crippen molar-refractivity contribution in [2.45, 2.75) is 26.9 Å². The molecule has 0 aromatic carbocycles. The Bertz CT molecular complexity index is 764. The lowest BCUT2D eigenvalue weighted by atomic mass is 10.2. The monoisotopic (exact) mass is 299 g/mol. The van der Waals surface area contributed by atoms with Crippen molar-refractivity contribution in [3.05, 3.63) is 36.3 Å². The zero-order valence-electron chi connectivity index (χ0n) is 12.8. The minimum atomic E-state index is 0.492. The molecule has 0 amide bonds. The maximum absolute atomic E-state index is 5.19. The summed E-state index contributed by atoms with van der Waals surface area (Å²) in [4.78, 5) is 10.6. The van der Waals surface area contributed by atoms with E-state index in [-0.39, 0.29) is 0 Å². The van der Waals surface area contributed by atoms with E-state index in [4.69, 9.17) is 4.52 Å². The molecule has 8 heteroatoms. The van der Waals surface area contributed by atoms with Gasteiger partial charge in [-0.25, -0.2) is 4.98 Å². The van der Waals surface area contributed by atoms with E-state index in [1.807, 2.05) is 28.6 Å². The van der Waals surface area contributed by atoms with Crippen LogP contribution in [-0.2, 0) is 13.1 Å². The SMILES string of the molecule is CCn1cnnc1CN(C)c1cc(-c2nc(C)no2)ccn1. The number of aryl methyl sites for hydroxylation is 2. The van der Waals surface area contributed by atoms with Crippen LogP contribution in [0, 0.1) is 6.92 Å². The molecule has 3 aromatic heterocycles. The van der Waals surface area contributed by atoms with Gasteiger partial charge in [-0.05, 0) is 26.0 Å². The number of anilines is 1. The summed E-state index contributed by atoms with van der Waals surface area (Å²) < 4.78 is 7.20. The van der Waals surface area contributed by atoms with Crippen molar-refractivity contribution < 1.29 is 4.52 Å². The third kappa shape index (κ3) is 2.80. The lowest BCUT2D eigenvalue weighted by Crippen LogP contribution is -2.20. The van der Waals surface area contributed by atoms with Crippen molar-refractivity contribution in [2.24, 2.45) is 0 Å². The average molecular weight is 299 g/mol. The first-order chi connectivity index (χ1) is 10.7. The van der Waals surface area contributed by atoms with Gasteiger partial charge in [0, 0.05) is 25.4 Å². The highest BCUT2D eigenvalue weighted by Crippen LogP contribution is 2.21. The Morgan fingerprint density at radius 2 is 2.23 bits per heavy atom. The fourth-order valence-electron chi connectivity index (χ4n) is 2.13. The molecule has 22 heavy (non-hydrogen) atoms. The summed E-state index contributed by atoms with van der Waals surface area (Å²) in [5.74, 6) is 2.80. The van der Waals surface area contributed by atoms with Gasteiger partial charge in [0.1, 0.15) is 12.1 Å². The molecule has 3 aromatic rings. The Morgan fingerprint density at radius 3 is 2.95 bits per heavy atom. The third-order valence-corrected chi connectivity index (χ3v) is 3.33. The molecule has 3 rings (SSSR count). The Labute approximate surface area is 127 Å². The van der Waals surface area contributed by atoms with Crippen molar-refractivity contribution in [3.63, 3.8) is 0 Å². The molecule has 114 valence electrons. The quantitative estimate of drug-likeness (QED) is 0.708. The minimum absolute atomic E-state index is 0.492.